The smallest absolute Gasteiger partial charge is 0.327 e. The third-order valence-electron chi connectivity index (χ3n) is 1.59. The minimum absolute atomic E-state index is 0. The van der Waals surface area contributed by atoms with Gasteiger partial charge in [0.2, 0.25) is 0 Å². The van der Waals surface area contributed by atoms with Gasteiger partial charge in [0.05, 0.1) is 12.1 Å². The van der Waals surface area contributed by atoms with Crippen molar-refractivity contribution in [3.05, 3.63) is 29.0 Å². The summed E-state index contributed by atoms with van der Waals surface area (Å²) in [6.45, 7) is 0. The van der Waals surface area contributed by atoms with Crippen molar-refractivity contribution >= 4 is 30.0 Å². The molecular weight excluding hydrogens is 227 g/mol. The van der Waals surface area contributed by atoms with Crippen LogP contribution in [0.2, 0.25) is 5.02 Å². The van der Waals surface area contributed by atoms with Crippen molar-refractivity contribution in [3.8, 4) is 0 Å². The summed E-state index contributed by atoms with van der Waals surface area (Å²) in [6, 6.07) is 0.740. The Bertz CT molecular complexity index is 320. The molecule has 0 saturated heterocycles. The van der Waals surface area contributed by atoms with Gasteiger partial charge in [-0.15, -0.1) is 12.4 Å². The number of carbonyl (C=O) groups is 1. The number of hydrogen-bond donors (Lipinski definition) is 1. The van der Waals surface area contributed by atoms with E-state index in [0.717, 1.165) is 0 Å². The van der Waals surface area contributed by atoms with Gasteiger partial charge in [-0.2, -0.15) is 0 Å². The van der Waals surface area contributed by atoms with Gasteiger partial charge in [-0.05, 0) is 6.07 Å². The number of carbonyl (C=O) groups excluding carboxylic acids is 1. The molecule has 0 saturated carbocycles. The Morgan fingerprint density at radius 1 is 1.71 bits per heavy atom. The maximum absolute atomic E-state index is 11.0. The molecule has 0 aliphatic rings. The first-order chi connectivity index (χ1) is 6.16. The number of halogens is 2. The van der Waals surface area contributed by atoms with Crippen LogP contribution in [0.15, 0.2) is 18.5 Å². The number of ether oxygens (including phenoxy) is 1. The summed E-state index contributed by atoms with van der Waals surface area (Å²) in [5.74, 6) is -0.520. The highest BCUT2D eigenvalue weighted by Gasteiger charge is 2.18. The van der Waals surface area contributed by atoms with Gasteiger partial charge in [0.25, 0.3) is 0 Å². The first kappa shape index (κ1) is 13.2. The van der Waals surface area contributed by atoms with Crippen molar-refractivity contribution in [2.45, 2.75) is 6.04 Å². The molecule has 78 valence electrons. The Balaban J connectivity index is 0.00000169. The minimum Gasteiger partial charge on any atom is -0.468 e. The second-order valence-electron chi connectivity index (χ2n) is 2.40. The first-order valence-electron chi connectivity index (χ1n) is 3.59. The van der Waals surface area contributed by atoms with Gasteiger partial charge in [0.1, 0.15) is 6.04 Å². The van der Waals surface area contributed by atoms with E-state index in [1.807, 2.05) is 0 Å². The second kappa shape index (κ2) is 5.80. The van der Waals surface area contributed by atoms with Crippen LogP contribution in [0.1, 0.15) is 11.6 Å². The highest BCUT2D eigenvalue weighted by molar-refractivity contribution is 6.31. The number of hydrogen-bond acceptors (Lipinski definition) is 4. The van der Waals surface area contributed by atoms with Crippen LogP contribution in [0, 0.1) is 0 Å². The summed E-state index contributed by atoms with van der Waals surface area (Å²) < 4.78 is 4.48. The lowest BCUT2D eigenvalue weighted by molar-refractivity contribution is -0.142. The molecule has 1 aromatic rings. The predicted octanol–water partition coefficient (Wildman–Crippen LogP) is 1.33. The molecule has 1 aromatic heterocycles. The lowest BCUT2D eigenvalue weighted by Crippen LogP contribution is -2.22. The van der Waals surface area contributed by atoms with E-state index in [4.69, 9.17) is 17.3 Å². The minimum atomic E-state index is -0.847. The molecule has 1 atom stereocenters. The quantitative estimate of drug-likeness (QED) is 0.788. The Morgan fingerprint density at radius 3 is 2.86 bits per heavy atom. The molecule has 1 rings (SSSR count). The average molecular weight is 237 g/mol. The number of nitrogens with zero attached hydrogens (tertiary/aromatic N) is 1. The Kier molecular flexibility index (Phi) is 5.45. The van der Waals surface area contributed by atoms with Crippen LogP contribution in [-0.4, -0.2) is 18.1 Å². The molecule has 0 bridgehead atoms. The van der Waals surface area contributed by atoms with Gasteiger partial charge < -0.3 is 10.5 Å². The molecule has 2 N–H and O–H groups in total. The summed E-state index contributed by atoms with van der Waals surface area (Å²) in [6.07, 6.45) is 2.95. The molecule has 0 amide bonds. The number of esters is 1. The third-order valence-corrected chi connectivity index (χ3v) is 1.91. The maximum atomic E-state index is 11.0. The van der Waals surface area contributed by atoms with E-state index in [0.29, 0.717) is 10.6 Å². The highest BCUT2D eigenvalue weighted by atomic mass is 35.5. The van der Waals surface area contributed by atoms with Crippen molar-refractivity contribution in [1.29, 1.82) is 0 Å². The van der Waals surface area contributed by atoms with Crippen LogP contribution in [-0.2, 0) is 9.53 Å². The van der Waals surface area contributed by atoms with Crippen LogP contribution in [0.5, 0.6) is 0 Å². The summed E-state index contributed by atoms with van der Waals surface area (Å²) >= 11 is 5.77. The number of methoxy groups -OCH3 is 1. The molecule has 0 aliphatic heterocycles. The zero-order chi connectivity index (χ0) is 9.84. The molecule has 0 spiro atoms. The lowest BCUT2D eigenvalue weighted by Gasteiger charge is -2.09. The van der Waals surface area contributed by atoms with Gasteiger partial charge in [-0.1, -0.05) is 11.6 Å². The van der Waals surface area contributed by atoms with Gasteiger partial charge in [-0.3, -0.25) is 9.78 Å². The summed E-state index contributed by atoms with van der Waals surface area (Å²) in [5, 5.41) is 0.361. The molecule has 0 unspecified atom stereocenters. The fourth-order valence-corrected chi connectivity index (χ4v) is 1.13. The van der Waals surface area contributed by atoms with Crippen LogP contribution in [0.3, 0.4) is 0 Å². The topological polar surface area (TPSA) is 65.2 Å². The van der Waals surface area contributed by atoms with Crippen molar-refractivity contribution < 1.29 is 9.53 Å². The largest absolute Gasteiger partial charge is 0.468 e. The van der Waals surface area contributed by atoms with Crippen molar-refractivity contribution in [1.82, 2.24) is 4.98 Å². The van der Waals surface area contributed by atoms with Gasteiger partial charge in [-0.25, -0.2) is 0 Å². The predicted molar refractivity (Wildman–Crippen MR) is 55.4 cm³/mol. The van der Waals surface area contributed by atoms with Gasteiger partial charge >= 0.3 is 5.97 Å². The molecule has 6 heteroatoms. The Labute approximate surface area is 92.8 Å². The molecule has 4 nitrogen and oxygen atoms in total. The van der Waals surface area contributed by atoms with Crippen LogP contribution < -0.4 is 5.73 Å². The molecular formula is C8H10Cl2N2O2. The molecule has 1 heterocycles. The standard InChI is InChI=1S/C8H9ClN2O2.ClH/c1-13-8(12)7(10)5-2-3-11-4-6(5)9;/h2-4,7H,10H2,1H3;1H/t7-;/m1./s1. The molecule has 14 heavy (non-hydrogen) atoms. The van der Waals surface area contributed by atoms with E-state index in [9.17, 15) is 4.79 Å². The molecule has 0 aliphatic carbocycles. The van der Waals surface area contributed by atoms with E-state index in [-0.39, 0.29) is 12.4 Å². The first-order valence-corrected chi connectivity index (χ1v) is 3.97. The van der Waals surface area contributed by atoms with E-state index >= 15 is 0 Å². The van der Waals surface area contributed by atoms with Crippen molar-refractivity contribution in [2.75, 3.05) is 7.11 Å². The third kappa shape index (κ3) is 2.83. The normalized spacial score (nSPS) is 11.4. The second-order valence-corrected chi connectivity index (χ2v) is 2.81. The van der Waals surface area contributed by atoms with Crippen molar-refractivity contribution in [2.24, 2.45) is 5.73 Å². The molecule has 0 fully saturated rings. The summed E-state index contributed by atoms with van der Waals surface area (Å²) in [7, 11) is 1.28. The lowest BCUT2D eigenvalue weighted by atomic mass is 10.1. The van der Waals surface area contributed by atoms with Crippen molar-refractivity contribution in [3.63, 3.8) is 0 Å². The number of pyridine rings is 1. The monoisotopic (exact) mass is 236 g/mol. The number of nitrogens with two attached hydrogens (primary N) is 1. The number of rotatable bonds is 2. The molecule has 0 aromatic carbocycles. The van der Waals surface area contributed by atoms with Gasteiger partial charge in [0, 0.05) is 18.0 Å². The SMILES string of the molecule is COC(=O)[C@H](N)c1ccncc1Cl.Cl. The van der Waals surface area contributed by atoms with Crippen LogP contribution in [0.25, 0.3) is 0 Å². The van der Waals surface area contributed by atoms with E-state index in [1.165, 1.54) is 19.5 Å². The molecule has 0 radical (unpaired) electrons. The van der Waals surface area contributed by atoms with E-state index in [1.54, 1.807) is 6.07 Å². The zero-order valence-electron chi connectivity index (χ0n) is 7.44. The van der Waals surface area contributed by atoms with E-state index in [2.05, 4.69) is 9.72 Å². The Morgan fingerprint density at radius 2 is 2.36 bits per heavy atom. The fraction of sp³-hybridized carbons (Fsp3) is 0.250. The van der Waals surface area contributed by atoms with Crippen LogP contribution >= 0.6 is 24.0 Å². The summed E-state index contributed by atoms with van der Waals surface area (Å²) in [4.78, 5) is 14.8. The van der Waals surface area contributed by atoms with Gasteiger partial charge in [0.15, 0.2) is 0 Å². The number of aromatic nitrogens is 1. The Hall–Kier alpha value is -0.840. The maximum Gasteiger partial charge on any atom is 0.327 e. The highest BCUT2D eigenvalue weighted by Crippen LogP contribution is 2.20. The fourth-order valence-electron chi connectivity index (χ4n) is 0.892. The average Bonchev–Trinajstić information content (AvgIpc) is 2.16. The van der Waals surface area contributed by atoms with E-state index < -0.39 is 12.0 Å². The summed E-state index contributed by atoms with van der Waals surface area (Å²) in [5.41, 5.74) is 6.08. The van der Waals surface area contributed by atoms with Crippen LogP contribution in [0.4, 0.5) is 0 Å². The zero-order valence-corrected chi connectivity index (χ0v) is 9.01.